The van der Waals surface area contributed by atoms with Gasteiger partial charge < -0.3 is 10.1 Å². The van der Waals surface area contributed by atoms with Gasteiger partial charge in [-0.15, -0.1) is 6.42 Å². The zero-order valence-corrected chi connectivity index (χ0v) is 8.70. The molecule has 2 heteroatoms. The standard InChI is InChI=1S/C13H15NO/c1-2-11-3-5-12(6-4-11)9-14-13-7-8-15-10-13/h1,3-6,13-14H,7-10H2. The molecule has 1 saturated heterocycles. The molecule has 0 radical (unpaired) electrons. The van der Waals surface area contributed by atoms with Crippen molar-refractivity contribution in [1.82, 2.24) is 5.32 Å². The number of benzene rings is 1. The first-order valence-electron chi connectivity index (χ1n) is 5.25. The van der Waals surface area contributed by atoms with Crippen LogP contribution in [0.25, 0.3) is 0 Å². The van der Waals surface area contributed by atoms with E-state index in [1.807, 2.05) is 12.1 Å². The number of rotatable bonds is 3. The molecule has 0 bridgehead atoms. The van der Waals surface area contributed by atoms with Gasteiger partial charge in [0.1, 0.15) is 0 Å². The van der Waals surface area contributed by atoms with Gasteiger partial charge >= 0.3 is 0 Å². The maximum atomic E-state index is 5.29. The molecule has 1 atom stereocenters. The Morgan fingerprint density at radius 2 is 2.20 bits per heavy atom. The van der Waals surface area contributed by atoms with Crippen LogP contribution in [0.15, 0.2) is 24.3 Å². The number of hydrogen-bond acceptors (Lipinski definition) is 2. The van der Waals surface area contributed by atoms with Gasteiger partial charge in [-0.2, -0.15) is 0 Å². The molecular weight excluding hydrogens is 186 g/mol. The molecule has 1 heterocycles. The van der Waals surface area contributed by atoms with Gasteiger partial charge in [-0.05, 0) is 24.1 Å². The zero-order chi connectivity index (χ0) is 10.5. The molecule has 15 heavy (non-hydrogen) atoms. The predicted octanol–water partition coefficient (Wildman–Crippen LogP) is 1.55. The van der Waals surface area contributed by atoms with Crippen LogP contribution >= 0.6 is 0 Å². The molecule has 1 aromatic carbocycles. The zero-order valence-electron chi connectivity index (χ0n) is 8.70. The fraction of sp³-hybridized carbons (Fsp3) is 0.385. The minimum absolute atomic E-state index is 0.511. The topological polar surface area (TPSA) is 21.3 Å². The van der Waals surface area contributed by atoms with Crippen LogP contribution in [0.2, 0.25) is 0 Å². The van der Waals surface area contributed by atoms with Crippen molar-refractivity contribution >= 4 is 0 Å². The third kappa shape index (κ3) is 2.82. The third-order valence-electron chi connectivity index (χ3n) is 2.65. The van der Waals surface area contributed by atoms with E-state index in [0.717, 1.165) is 31.7 Å². The molecule has 2 nitrogen and oxygen atoms in total. The lowest BCUT2D eigenvalue weighted by Crippen LogP contribution is -2.28. The van der Waals surface area contributed by atoms with Gasteiger partial charge in [-0.1, -0.05) is 18.1 Å². The first-order valence-corrected chi connectivity index (χ1v) is 5.25. The second kappa shape index (κ2) is 4.97. The van der Waals surface area contributed by atoms with Crippen molar-refractivity contribution < 1.29 is 4.74 Å². The number of nitrogens with one attached hydrogen (secondary N) is 1. The quantitative estimate of drug-likeness (QED) is 0.749. The largest absolute Gasteiger partial charge is 0.380 e. The summed E-state index contributed by atoms with van der Waals surface area (Å²) in [5.74, 6) is 2.61. The molecule has 0 saturated carbocycles. The minimum Gasteiger partial charge on any atom is -0.380 e. The second-order valence-corrected chi connectivity index (χ2v) is 3.78. The van der Waals surface area contributed by atoms with E-state index in [1.165, 1.54) is 5.56 Å². The summed E-state index contributed by atoms with van der Waals surface area (Å²) >= 11 is 0. The molecule has 1 aromatic rings. The Hall–Kier alpha value is -1.30. The predicted molar refractivity (Wildman–Crippen MR) is 60.4 cm³/mol. The smallest absolute Gasteiger partial charge is 0.0620 e. The Kier molecular flexibility index (Phi) is 3.39. The van der Waals surface area contributed by atoms with E-state index in [1.54, 1.807) is 0 Å². The van der Waals surface area contributed by atoms with Crippen molar-refractivity contribution in [1.29, 1.82) is 0 Å². The highest BCUT2D eigenvalue weighted by molar-refractivity contribution is 5.34. The van der Waals surface area contributed by atoms with Crippen LogP contribution in [0.5, 0.6) is 0 Å². The molecule has 78 valence electrons. The summed E-state index contributed by atoms with van der Waals surface area (Å²) in [5, 5.41) is 3.46. The van der Waals surface area contributed by atoms with E-state index in [4.69, 9.17) is 11.2 Å². The molecule has 0 amide bonds. The van der Waals surface area contributed by atoms with Gasteiger partial charge in [0.15, 0.2) is 0 Å². The van der Waals surface area contributed by atoms with Crippen molar-refractivity contribution in [3.05, 3.63) is 35.4 Å². The summed E-state index contributed by atoms with van der Waals surface area (Å²) in [6.07, 6.45) is 6.40. The van der Waals surface area contributed by atoms with Crippen LogP contribution in [-0.4, -0.2) is 19.3 Å². The summed E-state index contributed by atoms with van der Waals surface area (Å²) in [6, 6.07) is 8.60. The summed E-state index contributed by atoms with van der Waals surface area (Å²) < 4.78 is 5.29. The van der Waals surface area contributed by atoms with Crippen LogP contribution in [0.3, 0.4) is 0 Å². The lowest BCUT2D eigenvalue weighted by atomic mass is 10.1. The first kappa shape index (κ1) is 10.2. The van der Waals surface area contributed by atoms with Crippen LogP contribution in [0.4, 0.5) is 0 Å². The van der Waals surface area contributed by atoms with Crippen molar-refractivity contribution in [2.24, 2.45) is 0 Å². The fourth-order valence-corrected chi connectivity index (χ4v) is 1.68. The summed E-state index contributed by atoms with van der Waals surface area (Å²) in [6.45, 7) is 2.61. The molecule has 1 aliphatic heterocycles. The average Bonchev–Trinajstić information content (AvgIpc) is 2.80. The molecule has 1 aliphatic rings. The van der Waals surface area contributed by atoms with E-state index in [-0.39, 0.29) is 0 Å². The highest BCUT2D eigenvalue weighted by atomic mass is 16.5. The first-order chi connectivity index (χ1) is 7.38. The van der Waals surface area contributed by atoms with Crippen LogP contribution in [0.1, 0.15) is 17.5 Å². The van der Waals surface area contributed by atoms with Crippen LogP contribution in [-0.2, 0) is 11.3 Å². The molecule has 1 unspecified atom stereocenters. The number of hydrogen-bond donors (Lipinski definition) is 1. The van der Waals surface area contributed by atoms with E-state index in [0.29, 0.717) is 6.04 Å². The minimum atomic E-state index is 0.511. The van der Waals surface area contributed by atoms with E-state index >= 15 is 0 Å². The Balaban J connectivity index is 1.85. The van der Waals surface area contributed by atoms with Gasteiger partial charge in [-0.25, -0.2) is 0 Å². The lowest BCUT2D eigenvalue weighted by molar-refractivity contribution is 0.190. The van der Waals surface area contributed by atoms with Crippen LogP contribution < -0.4 is 5.32 Å². The molecule has 1 fully saturated rings. The van der Waals surface area contributed by atoms with E-state index in [9.17, 15) is 0 Å². The van der Waals surface area contributed by atoms with E-state index in [2.05, 4.69) is 23.4 Å². The van der Waals surface area contributed by atoms with Crippen LogP contribution in [0, 0.1) is 12.3 Å². The maximum Gasteiger partial charge on any atom is 0.0620 e. The highest BCUT2D eigenvalue weighted by Crippen LogP contribution is 2.06. The summed E-state index contributed by atoms with van der Waals surface area (Å²) in [7, 11) is 0. The fourth-order valence-electron chi connectivity index (χ4n) is 1.68. The monoisotopic (exact) mass is 201 g/mol. The van der Waals surface area contributed by atoms with Gasteiger partial charge in [-0.3, -0.25) is 0 Å². The molecule has 1 N–H and O–H groups in total. The van der Waals surface area contributed by atoms with Gasteiger partial charge in [0, 0.05) is 24.8 Å². The molecule has 2 rings (SSSR count). The Morgan fingerprint density at radius 3 is 2.80 bits per heavy atom. The number of ether oxygens (including phenoxy) is 1. The highest BCUT2D eigenvalue weighted by Gasteiger charge is 2.13. The molecule has 0 aliphatic carbocycles. The number of terminal acetylenes is 1. The lowest BCUT2D eigenvalue weighted by Gasteiger charge is -2.10. The normalized spacial score (nSPS) is 20.1. The van der Waals surface area contributed by atoms with Crippen molar-refractivity contribution in [2.75, 3.05) is 13.2 Å². The van der Waals surface area contributed by atoms with Crippen molar-refractivity contribution in [3.63, 3.8) is 0 Å². The van der Waals surface area contributed by atoms with Gasteiger partial charge in [0.2, 0.25) is 0 Å². The van der Waals surface area contributed by atoms with Crippen molar-refractivity contribution in [2.45, 2.75) is 19.0 Å². The maximum absolute atomic E-state index is 5.29. The second-order valence-electron chi connectivity index (χ2n) is 3.78. The summed E-state index contributed by atoms with van der Waals surface area (Å²) in [5.41, 5.74) is 2.20. The van der Waals surface area contributed by atoms with Crippen molar-refractivity contribution in [3.8, 4) is 12.3 Å². The average molecular weight is 201 g/mol. The Bertz CT molecular complexity index is 344. The SMILES string of the molecule is C#Cc1ccc(CNC2CCOC2)cc1. The Morgan fingerprint density at radius 1 is 1.40 bits per heavy atom. The molecule has 0 spiro atoms. The van der Waals surface area contributed by atoms with Gasteiger partial charge in [0.05, 0.1) is 6.61 Å². The summed E-state index contributed by atoms with van der Waals surface area (Å²) in [4.78, 5) is 0. The third-order valence-corrected chi connectivity index (χ3v) is 2.65. The Labute approximate surface area is 90.6 Å². The van der Waals surface area contributed by atoms with Gasteiger partial charge in [0.25, 0.3) is 0 Å². The molecular formula is C13H15NO. The van der Waals surface area contributed by atoms with E-state index < -0.39 is 0 Å². The molecule has 0 aromatic heterocycles.